The first kappa shape index (κ1) is 11.9. The average Bonchev–Trinajstić information content (AvgIpc) is 2.82. The van der Waals surface area contributed by atoms with Gasteiger partial charge in [-0.2, -0.15) is 0 Å². The van der Waals surface area contributed by atoms with Gasteiger partial charge in [0.2, 0.25) is 0 Å². The van der Waals surface area contributed by atoms with Gasteiger partial charge < -0.3 is 10.3 Å². The molecule has 0 aliphatic heterocycles. The fourth-order valence-electron chi connectivity index (χ4n) is 2.55. The van der Waals surface area contributed by atoms with Gasteiger partial charge >= 0.3 is 0 Å². The summed E-state index contributed by atoms with van der Waals surface area (Å²) in [4.78, 5) is 4.53. The third kappa shape index (κ3) is 1.99. The molecular formula is C14H16BrN3. The van der Waals surface area contributed by atoms with Crippen molar-refractivity contribution in [1.82, 2.24) is 9.55 Å². The van der Waals surface area contributed by atoms with Crippen LogP contribution in [0, 0.1) is 0 Å². The second-order valence-electron chi connectivity index (χ2n) is 4.70. The quantitative estimate of drug-likeness (QED) is 0.927. The van der Waals surface area contributed by atoms with Crippen molar-refractivity contribution >= 4 is 15.9 Å². The predicted molar refractivity (Wildman–Crippen MR) is 75.8 cm³/mol. The molecule has 0 amide bonds. The maximum atomic E-state index is 5.66. The van der Waals surface area contributed by atoms with Crippen LogP contribution in [0.4, 0.5) is 0 Å². The minimum atomic E-state index is 0.570. The van der Waals surface area contributed by atoms with Gasteiger partial charge in [0.1, 0.15) is 0 Å². The van der Waals surface area contributed by atoms with E-state index in [4.69, 9.17) is 5.73 Å². The van der Waals surface area contributed by atoms with Crippen LogP contribution in [0.1, 0.15) is 29.8 Å². The fraction of sp³-hybridized carbons (Fsp3) is 0.357. The Labute approximate surface area is 115 Å². The first-order valence-corrected chi connectivity index (χ1v) is 7.13. The van der Waals surface area contributed by atoms with Crippen LogP contribution in [-0.4, -0.2) is 9.55 Å². The highest BCUT2D eigenvalue weighted by atomic mass is 79.9. The van der Waals surface area contributed by atoms with Gasteiger partial charge in [0.15, 0.2) is 0 Å². The standard InChI is InChI=1S/C14H16BrN3/c15-11-7-10(8-16)5-6-13(11)18-9-17-12-3-1-2-4-14(12)18/h5-7,9H,1-4,8,16H2. The van der Waals surface area contributed by atoms with Crippen LogP contribution >= 0.6 is 15.9 Å². The second-order valence-corrected chi connectivity index (χ2v) is 5.56. The number of aryl methyl sites for hydroxylation is 1. The highest BCUT2D eigenvalue weighted by Gasteiger charge is 2.17. The van der Waals surface area contributed by atoms with Crippen LogP contribution in [0.3, 0.4) is 0 Å². The molecule has 1 aliphatic rings. The fourth-order valence-corrected chi connectivity index (χ4v) is 3.17. The Hall–Kier alpha value is -1.13. The number of aromatic nitrogens is 2. The molecule has 1 heterocycles. The van der Waals surface area contributed by atoms with Crippen LogP contribution in [0.15, 0.2) is 29.0 Å². The molecule has 0 atom stereocenters. The molecule has 3 nitrogen and oxygen atoms in total. The molecule has 18 heavy (non-hydrogen) atoms. The Morgan fingerprint density at radius 3 is 2.89 bits per heavy atom. The Bertz CT molecular complexity index is 574. The predicted octanol–water partition coefficient (Wildman–Crippen LogP) is 2.97. The zero-order valence-corrected chi connectivity index (χ0v) is 11.8. The number of imidazole rings is 1. The van der Waals surface area contributed by atoms with Crippen molar-refractivity contribution in [3.63, 3.8) is 0 Å². The van der Waals surface area contributed by atoms with Gasteiger partial charge in [-0.25, -0.2) is 4.98 Å². The van der Waals surface area contributed by atoms with Gasteiger partial charge in [0.05, 0.1) is 17.7 Å². The van der Waals surface area contributed by atoms with Crippen LogP contribution in [0.25, 0.3) is 5.69 Å². The largest absolute Gasteiger partial charge is 0.326 e. The van der Waals surface area contributed by atoms with E-state index in [0.29, 0.717) is 6.54 Å². The molecule has 3 rings (SSSR count). The molecule has 0 fully saturated rings. The molecule has 0 unspecified atom stereocenters. The number of halogens is 1. The number of nitrogens with zero attached hydrogens (tertiary/aromatic N) is 2. The highest BCUT2D eigenvalue weighted by molar-refractivity contribution is 9.10. The van der Waals surface area contributed by atoms with E-state index >= 15 is 0 Å². The zero-order chi connectivity index (χ0) is 12.5. The van der Waals surface area contributed by atoms with Gasteiger partial charge in [-0.05, 0) is 59.3 Å². The Kier molecular flexibility index (Phi) is 3.22. The van der Waals surface area contributed by atoms with Crippen LogP contribution in [0.5, 0.6) is 0 Å². The van der Waals surface area contributed by atoms with Gasteiger partial charge in [-0.1, -0.05) is 6.07 Å². The third-order valence-corrected chi connectivity index (χ3v) is 4.17. The van der Waals surface area contributed by atoms with Crippen molar-refractivity contribution < 1.29 is 0 Å². The lowest BCUT2D eigenvalue weighted by atomic mass is 10.0. The number of hydrogen-bond donors (Lipinski definition) is 1. The minimum Gasteiger partial charge on any atom is -0.326 e. The van der Waals surface area contributed by atoms with Crippen molar-refractivity contribution in [2.24, 2.45) is 5.73 Å². The summed E-state index contributed by atoms with van der Waals surface area (Å²) in [6, 6.07) is 6.28. The van der Waals surface area contributed by atoms with Crippen molar-refractivity contribution in [3.05, 3.63) is 46.0 Å². The molecule has 1 aromatic heterocycles. The SMILES string of the molecule is NCc1ccc(-n2cnc3c2CCCC3)c(Br)c1. The van der Waals surface area contributed by atoms with Crippen LogP contribution in [-0.2, 0) is 19.4 Å². The Morgan fingerprint density at radius 1 is 1.28 bits per heavy atom. The third-order valence-electron chi connectivity index (χ3n) is 3.54. The Morgan fingerprint density at radius 2 is 2.11 bits per heavy atom. The number of nitrogens with two attached hydrogens (primary N) is 1. The summed E-state index contributed by atoms with van der Waals surface area (Å²) in [5.41, 5.74) is 10.6. The lowest BCUT2D eigenvalue weighted by Gasteiger charge is -2.15. The number of fused-ring (bicyclic) bond motifs is 1. The molecule has 0 bridgehead atoms. The van der Waals surface area contributed by atoms with Crippen molar-refractivity contribution in [2.45, 2.75) is 32.2 Å². The molecule has 4 heteroatoms. The van der Waals surface area contributed by atoms with E-state index in [0.717, 1.165) is 28.6 Å². The smallest absolute Gasteiger partial charge is 0.0998 e. The van der Waals surface area contributed by atoms with E-state index in [1.165, 1.54) is 24.2 Å². The second kappa shape index (κ2) is 4.86. The molecule has 1 aromatic carbocycles. The van der Waals surface area contributed by atoms with E-state index in [2.05, 4.69) is 43.7 Å². The van der Waals surface area contributed by atoms with E-state index in [1.54, 1.807) is 0 Å². The molecule has 2 aromatic rings. The van der Waals surface area contributed by atoms with Crippen molar-refractivity contribution in [3.8, 4) is 5.69 Å². The van der Waals surface area contributed by atoms with E-state index in [9.17, 15) is 0 Å². The highest BCUT2D eigenvalue weighted by Crippen LogP contribution is 2.28. The van der Waals surface area contributed by atoms with Crippen molar-refractivity contribution in [1.29, 1.82) is 0 Å². The molecule has 0 saturated heterocycles. The lowest BCUT2D eigenvalue weighted by Crippen LogP contribution is -2.07. The van der Waals surface area contributed by atoms with Crippen LogP contribution in [0.2, 0.25) is 0 Å². The van der Waals surface area contributed by atoms with E-state index in [-0.39, 0.29) is 0 Å². The topological polar surface area (TPSA) is 43.8 Å². The van der Waals surface area contributed by atoms with Gasteiger partial charge in [-0.15, -0.1) is 0 Å². The maximum absolute atomic E-state index is 5.66. The monoisotopic (exact) mass is 305 g/mol. The molecule has 0 spiro atoms. The minimum absolute atomic E-state index is 0.570. The van der Waals surface area contributed by atoms with Gasteiger partial charge in [0, 0.05) is 16.7 Å². The molecule has 2 N–H and O–H groups in total. The summed E-state index contributed by atoms with van der Waals surface area (Å²) >= 11 is 3.63. The van der Waals surface area contributed by atoms with E-state index < -0.39 is 0 Å². The van der Waals surface area contributed by atoms with Gasteiger partial charge in [0.25, 0.3) is 0 Å². The average molecular weight is 306 g/mol. The molecular weight excluding hydrogens is 290 g/mol. The number of rotatable bonds is 2. The summed E-state index contributed by atoms with van der Waals surface area (Å²) < 4.78 is 3.29. The van der Waals surface area contributed by atoms with Crippen LogP contribution < -0.4 is 5.73 Å². The molecule has 0 saturated carbocycles. The zero-order valence-electron chi connectivity index (χ0n) is 10.2. The summed E-state index contributed by atoms with van der Waals surface area (Å²) in [7, 11) is 0. The first-order chi connectivity index (χ1) is 8.79. The van der Waals surface area contributed by atoms with Crippen molar-refractivity contribution in [2.75, 3.05) is 0 Å². The normalized spacial score (nSPS) is 14.6. The summed E-state index contributed by atoms with van der Waals surface area (Å²) in [5.74, 6) is 0. The molecule has 0 radical (unpaired) electrons. The Balaban J connectivity index is 2.07. The van der Waals surface area contributed by atoms with Gasteiger partial charge in [-0.3, -0.25) is 0 Å². The summed E-state index contributed by atoms with van der Waals surface area (Å²) in [6.07, 6.45) is 6.70. The summed E-state index contributed by atoms with van der Waals surface area (Å²) in [5, 5.41) is 0. The first-order valence-electron chi connectivity index (χ1n) is 6.33. The number of benzene rings is 1. The maximum Gasteiger partial charge on any atom is 0.0998 e. The number of hydrogen-bond acceptors (Lipinski definition) is 2. The summed E-state index contributed by atoms with van der Waals surface area (Å²) in [6.45, 7) is 0.570. The lowest BCUT2D eigenvalue weighted by molar-refractivity contribution is 0.655. The molecule has 94 valence electrons. The molecule has 1 aliphatic carbocycles. The van der Waals surface area contributed by atoms with E-state index in [1.807, 2.05) is 6.33 Å².